The van der Waals surface area contributed by atoms with E-state index in [0.717, 1.165) is 5.92 Å². The SMILES string of the molecule is C=CCCCC[CH2][Al]([CH2]CCCCC=C)[CH2]C(C)C. The molecule has 0 radical (unpaired) electrons. The number of hydrogen-bond donors (Lipinski definition) is 0. The van der Waals surface area contributed by atoms with Crippen LogP contribution in [-0.4, -0.2) is 14.1 Å². The second-order valence-electron chi connectivity index (χ2n) is 6.35. The fourth-order valence-corrected chi connectivity index (χ4v) is 6.67. The molecule has 0 aromatic rings. The molecule has 0 aliphatic rings. The van der Waals surface area contributed by atoms with Gasteiger partial charge in [0, 0.05) is 0 Å². The molecule has 0 atom stereocenters. The molecule has 0 aliphatic carbocycles. The molecule has 0 aromatic heterocycles. The van der Waals surface area contributed by atoms with Crippen molar-refractivity contribution >= 4 is 14.1 Å². The molecule has 0 aromatic carbocycles. The van der Waals surface area contributed by atoms with Crippen LogP contribution in [0, 0.1) is 5.92 Å². The van der Waals surface area contributed by atoms with Crippen molar-refractivity contribution in [3.63, 3.8) is 0 Å². The summed E-state index contributed by atoms with van der Waals surface area (Å²) in [6.45, 7) is 12.4. The van der Waals surface area contributed by atoms with Gasteiger partial charge in [0.05, 0.1) is 0 Å². The topological polar surface area (TPSA) is 0 Å². The highest BCUT2D eigenvalue weighted by molar-refractivity contribution is 6.58. The van der Waals surface area contributed by atoms with Crippen molar-refractivity contribution in [1.29, 1.82) is 0 Å². The van der Waals surface area contributed by atoms with Gasteiger partial charge in [-0.1, -0.05) is 73.4 Å². The third-order valence-electron chi connectivity index (χ3n) is 3.85. The van der Waals surface area contributed by atoms with Crippen molar-refractivity contribution < 1.29 is 0 Å². The molecular formula is C18H35Al. The smallest absolute Gasteiger partial charge is 0.103 e. The van der Waals surface area contributed by atoms with Gasteiger partial charge in [0.2, 0.25) is 0 Å². The van der Waals surface area contributed by atoms with Crippen molar-refractivity contribution in [3.8, 4) is 0 Å². The summed E-state index contributed by atoms with van der Waals surface area (Å²) in [6, 6.07) is 0. The number of unbranched alkanes of at least 4 members (excludes halogenated alkanes) is 6. The van der Waals surface area contributed by atoms with Gasteiger partial charge in [0.25, 0.3) is 14.1 Å². The highest BCUT2D eigenvalue weighted by atomic mass is 27.2. The molecule has 0 unspecified atom stereocenters. The lowest BCUT2D eigenvalue weighted by Gasteiger charge is -2.14. The van der Waals surface area contributed by atoms with Crippen molar-refractivity contribution in [2.45, 2.75) is 81.1 Å². The summed E-state index contributed by atoms with van der Waals surface area (Å²) < 4.78 is 0. The van der Waals surface area contributed by atoms with Crippen LogP contribution in [0.15, 0.2) is 25.3 Å². The van der Waals surface area contributed by atoms with Crippen molar-refractivity contribution in [2.24, 2.45) is 5.92 Å². The van der Waals surface area contributed by atoms with Crippen LogP contribution in [0.1, 0.15) is 65.2 Å². The van der Waals surface area contributed by atoms with E-state index in [9.17, 15) is 0 Å². The first-order valence-electron chi connectivity index (χ1n) is 8.42. The lowest BCUT2D eigenvalue weighted by molar-refractivity contribution is 0.684. The van der Waals surface area contributed by atoms with Gasteiger partial charge in [-0.25, -0.2) is 0 Å². The molecular weight excluding hydrogens is 243 g/mol. The second-order valence-corrected chi connectivity index (χ2v) is 9.71. The zero-order valence-corrected chi connectivity index (χ0v) is 14.7. The van der Waals surface area contributed by atoms with Gasteiger partial charge in [0.1, 0.15) is 0 Å². The average molecular weight is 278 g/mol. The van der Waals surface area contributed by atoms with Crippen LogP contribution < -0.4 is 0 Å². The first-order chi connectivity index (χ1) is 9.20. The molecule has 0 fully saturated rings. The van der Waals surface area contributed by atoms with E-state index in [4.69, 9.17) is 0 Å². The maximum absolute atomic E-state index is 3.80. The maximum atomic E-state index is 3.80. The van der Waals surface area contributed by atoms with Crippen LogP contribution in [0.3, 0.4) is 0 Å². The Bertz CT molecular complexity index is 190. The highest BCUT2D eigenvalue weighted by Crippen LogP contribution is 2.20. The van der Waals surface area contributed by atoms with Crippen LogP contribution in [-0.2, 0) is 0 Å². The molecule has 0 saturated carbocycles. The van der Waals surface area contributed by atoms with E-state index < -0.39 is 14.1 Å². The van der Waals surface area contributed by atoms with E-state index >= 15 is 0 Å². The van der Waals surface area contributed by atoms with Crippen molar-refractivity contribution in [3.05, 3.63) is 25.3 Å². The van der Waals surface area contributed by atoms with Crippen LogP contribution in [0.4, 0.5) is 0 Å². The lowest BCUT2D eigenvalue weighted by atomic mass is 10.2. The summed E-state index contributed by atoms with van der Waals surface area (Å²) in [5.41, 5.74) is 0. The van der Waals surface area contributed by atoms with E-state index in [1.165, 1.54) is 51.4 Å². The van der Waals surface area contributed by atoms with Gasteiger partial charge in [-0.05, 0) is 25.7 Å². The minimum Gasteiger partial charge on any atom is -0.103 e. The predicted molar refractivity (Wildman–Crippen MR) is 92.3 cm³/mol. The molecule has 0 bridgehead atoms. The Morgan fingerprint density at radius 2 is 1.26 bits per heavy atom. The minimum absolute atomic E-state index is 0.446. The molecule has 0 saturated heterocycles. The van der Waals surface area contributed by atoms with Gasteiger partial charge in [-0.15, -0.1) is 13.2 Å². The summed E-state index contributed by atoms with van der Waals surface area (Å²) >= 11 is -0.446. The number of rotatable bonds is 14. The summed E-state index contributed by atoms with van der Waals surface area (Å²) in [4.78, 5) is 0. The minimum atomic E-state index is -0.446. The molecule has 0 nitrogen and oxygen atoms in total. The van der Waals surface area contributed by atoms with Gasteiger partial charge in [-0.2, -0.15) is 0 Å². The normalized spacial score (nSPS) is 10.7. The summed E-state index contributed by atoms with van der Waals surface area (Å²) in [5.74, 6) is 0.915. The van der Waals surface area contributed by atoms with Gasteiger partial charge < -0.3 is 0 Å². The van der Waals surface area contributed by atoms with E-state index in [1.807, 2.05) is 0 Å². The third-order valence-corrected chi connectivity index (χ3v) is 7.90. The van der Waals surface area contributed by atoms with Crippen LogP contribution >= 0.6 is 0 Å². The highest BCUT2D eigenvalue weighted by Gasteiger charge is 2.17. The molecule has 0 spiro atoms. The Balaban J connectivity index is 3.68. The van der Waals surface area contributed by atoms with E-state index in [-0.39, 0.29) is 0 Å². The fraction of sp³-hybridized carbons (Fsp3) is 0.778. The quantitative estimate of drug-likeness (QED) is 0.190. The third kappa shape index (κ3) is 14.2. The fourth-order valence-electron chi connectivity index (χ4n) is 2.84. The van der Waals surface area contributed by atoms with Crippen LogP contribution in [0.5, 0.6) is 0 Å². The molecule has 0 N–H and O–H groups in total. The van der Waals surface area contributed by atoms with Gasteiger partial charge in [0.15, 0.2) is 0 Å². The molecule has 0 aliphatic heterocycles. The summed E-state index contributed by atoms with van der Waals surface area (Å²) in [7, 11) is 0. The molecule has 0 heterocycles. The van der Waals surface area contributed by atoms with E-state index in [0.29, 0.717) is 0 Å². The summed E-state index contributed by atoms with van der Waals surface area (Å²) in [6.07, 6.45) is 15.0. The number of hydrogen-bond acceptors (Lipinski definition) is 0. The Kier molecular flexibility index (Phi) is 14.4. The zero-order chi connectivity index (χ0) is 14.3. The van der Waals surface area contributed by atoms with Crippen LogP contribution in [0.2, 0.25) is 15.8 Å². The second kappa shape index (κ2) is 14.4. The molecule has 110 valence electrons. The first-order valence-corrected chi connectivity index (χ1v) is 10.9. The standard InChI is InChI=1S/2C7H13.C4H9.Al/c2*1-3-5-7-6-4-2;1-4(2)3;/h2*3H,1-2,4-7H2;4H,1H2,2-3H3;. The Morgan fingerprint density at radius 1 is 0.789 bits per heavy atom. The molecule has 0 rings (SSSR count). The van der Waals surface area contributed by atoms with Crippen molar-refractivity contribution in [2.75, 3.05) is 0 Å². The van der Waals surface area contributed by atoms with Crippen molar-refractivity contribution in [1.82, 2.24) is 0 Å². The Morgan fingerprint density at radius 3 is 1.63 bits per heavy atom. The molecule has 19 heavy (non-hydrogen) atoms. The monoisotopic (exact) mass is 278 g/mol. The predicted octanol–water partition coefficient (Wildman–Crippen LogP) is 6.63. The van der Waals surface area contributed by atoms with Gasteiger partial charge >= 0.3 is 0 Å². The Hall–Kier alpha value is 0.0125. The molecule has 1 heteroatoms. The van der Waals surface area contributed by atoms with Gasteiger partial charge in [-0.3, -0.25) is 0 Å². The average Bonchev–Trinajstić information content (AvgIpc) is 2.37. The van der Waals surface area contributed by atoms with E-state index in [1.54, 1.807) is 15.8 Å². The lowest BCUT2D eigenvalue weighted by Crippen LogP contribution is -2.14. The largest absolute Gasteiger partial charge is 0.262 e. The maximum Gasteiger partial charge on any atom is 0.262 e. The number of allylic oxidation sites excluding steroid dienone is 2. The molecule has 0 amide bonds. The zero-order valence-electron chi connectivity index (χ0n) is 13.5. The summed E-state index contributed by atoms with van der Waals surface area (Å²) in [5, 5.41) is 4.72. The Labute approximate surface area is 126 Å². The van der Waals surface area contributed by atoms with E-state index in [2.05, 4.69) is 39.2 Å². The van der Waals surface area contributed by atoms with Crippen LogP contribution in [0.25, 0.3) is 0 Å². The first kappa shape index (κ1) is 19.0.